The second kappa shape index (κ2) is 7.69. The average Bonchev–Trinajstić information content (AvgIpc) is 2.84. The lowest BCUT2D eigenvalue weighted by Gasteiger charge is -2.15. The molecule has 1 aromatic carbocycles. The minimum atomic E-state index is -0.941. The lowest BCUT2D eigenvalue weighted by atomic mass is 10.1. The van der Waals surface area contributed by atoms with Gasteiger partial charge in [0, 0.05) is 16.1 Å². The quantitative estimate of drug-likeness (QED) is 0.766. The number of carbonyl (C=O) groups is 2. The van der Waals surface area contributed by atoms with Crippen LogP contribution in [-0.2, 0) is 9.47 Å². The first kappa shape index (κ1) is 19.0. The molecule has 0 spiro atoms. The highest BCUT2D eigenvalue weighted by atomic mass is 79.9. The van der Waals surface area contributed by atoms with E-state index in [-0.39, 0.29) is 5.69 Å². The molecule has 1 aromatic heterocycles. The van der Waals surface area contributed by atoms with Crippen LogP contribution in [0.1, 0.15) is 27.7 Å². The van der Waals surface area contributed by atoms with E-state index in [2.05, 4.69) is 15.9 Å². The summed E-state index contributed by atoms with van der Waals surface area (Å²) in [6.45, 7) is 6.65. The number of benzene rings is 1. The molecule has 2 rings (SSSR count). The number of halogens is 1. The minimum Gasteiger partial charge on any atom is -0.445 e. The van der Waals surface area contributed by atoms with Crippen LogP contribution in [0.5, 0.6) is 0 Å². The lowest BCUT2D eigenvalue weighted by Crippen LogP contribution is -2.36. The summed E-state index contributed by atoms with van der Waals surface area (Å²) in [4.78, 5) is 37.1. The zero-order chi connectivity index (χ0) is 18.7. The monoisotopic (exact) mass is 410 g/mol. The fourth-order valence-corrected chi connectivity index (χ4v) is 2.39. The van der Waals surface area contributed by atoms with E-state index in [0.29, 0.717) is 10.2 Å². The molecule has 0 N–H and O–H groups in total. The van der Waals surface area contributed by atoms with Gasteiger partial charge in [-0.25, -0.2) is 9.59 Å². The van der Waals surface area contributed by atoms with Gasteiger partial charge in [0.15, 0.2) is 0 Å². The molecule has 0 unspecified atom stereocenters. The topological polar surface area (TPSA) is 79.5 Å². The molecule has 0 aliphatic rings. The van der Waals surface area contributed by atoms with Gasteiger partial charge in [-0.05, 0) is 39.8 Å². The van der Waals surface area contributed by atoms with E-state index in [1.165, 1.54) is 6.07 Å². The molecular formula is C17H19BrN2O5. The van der Waals surface area contributed by atoms with E-state index in [9.17, 15) is 14.4 Å². The zero-order valence-electron chi connectivity index (χ0n) is 14.4. The van der Waals surface area contributed by atoms with Crippen molar-refractivity contribution in [1.29, 1.82) is 0 Å². The molecule has 0 fully saturated rings. The Bertz CT molecular complexity index is 834. The van der Waals surface area contributed by atoms with Crippen molar-refractivity contribution in [2.75, 3.05) is 0 Å². The standard InChI is InChI=1S/C17H19BrN2O5/c1-10(2)24-16(22)19-14(12-5-7-13(18)8-6-12)9-15(21)20(19)17(23)25-11(3)4/h5-11H,1-4H3. The maximum Gasteiger partial charge on any atom is 0.437 e. The Morgan fingerprint density at radius 1 is 0.920 bits per heavy atom. The van der Waals surface area contributed by atoms with Crippen molar-refractivity contribution >= 4 is 28.1 Å². The highest BCUT2D eigenvalue weighted by molar-refractivity contribution is 9.10. The summed E-state index contributed by atoms with van der Waals surface area (Å²) < 4.78 is 12.6. The molecule has 0 atom stereocenters. The summed E-state index contributed by atoms with van der Waals surface area (Å²) in [5.41, 5.74) is 0.144. The number of nitrogens with zero attached hydrogens (tertiary/aromatic N) is 2. The summed E-state index contributed by atoms with van der Waals surface area (Å²) in [6.07, 6.45) is -2.64. The summed E-state index contributed by atoms with van der Waals surface area (Å²) >= 11 is 3.33. The van der Waals surface area contributed by atoms with Crippen molar-refractivity contribution in [2.24, 2.45) is 0 Å². The SMILES string of the molecule is CC(C)OC(=O)n1c(-c2ccc(Br)cc2)cc(=O)n1C(=O)OC(C)C. The molecular weight excluding hydrogens is 392 g/mol. The molecule has 0 radical (unpaired) electrons. The minimum absolute atomic E-state index is 0.240. The van der Waals surface area contributed by atoms with Gasteiger partial charge in [-0.3, -0.25) is 4.79 Å². The Labute approximate surface area is 153 Å². The number of rotatable bonds is 3. The van der Waals surface area contributed by atoms with Gasteiger partial charge >= 0.3 is 12.2 Å². The first-order valence-corrected chi connectivity index (χ1v) is 8.53. The van der Waals surface area contributed by atoms with Gasteiger partial charge in [-0.2, -0.15) is 4.68 Å². The Kier molecular flexibility index (Phi) is 5.84. The summed E-state index contributed by atoms with van der Waals surface area (Å²) in [5.74, 6) is 0. The van der Waals surface area contributed by atoms with Crippen molar-refractivity contribution in [3.05, 3.63) is 45.2 Å². The molecule has 1 heterocycles. The van der Waals surface area contributed by atoms with E-state index in [1.807, 2.05) is 0 Å². The van der Waals surface area contributed by atoms with Crippen LogP contribution in [0, 0.1) is 0 Å². The fourth-order valence-electron chi connectivity index (χ4n) is 2.13. The number of carbonyl (C=O) groups excluding carboxylic acids is 2. The van der Waals surface area contributed by atoms with Crippen LogP contribution in [0.15, 0.2) is 39.6 Å². The molecule has 0 aliphatic heterocycles. The van der Waals surface area contributed by atoms with E-state index in [1.54, 1.807) is 52.0 Å². The highest BCUT2D eigenvalue weighted by Crippen LogP contribution is 2.22. The third-order valence-corrected chi connectivity index (χ3v) is 3.58. The van der Waals surface area contributed by atoms with Crippen molar-refractivity contribution < 1.29 is 19.1 Å². The predicted octanol–water partition coefficient (Wildman–Crippen LogP) is 3.87. The maximum atomic E-state index is 12.5. The van der Waals surface area contributed by atoms with Crippen molar-refractivity contribution in [3.8, 4) is 11.3 Å². The van der Waals surface area contributed by atoms with Crippen LogP contribution in [0.25, 0.3) is 11.3 Å². The second-order valence-electron chi connectivity index (χ2n) is 5.86. The molecule has 0 bridgehead atoms. The summed E-state index contributed by atoms with van der Waals surface area (Å²) in [6, 6.07) is 8.17. The Balaban J connectivity index is 2.63. The largest absolute Gasteiger partial charge is 0.445 e. The average molecular weight is 411 g/mol. The van der Waals surface area contributed by atoms with E-state index >= 15 is 0 Å². The van der Waals surface area contributed by atoms with Gasteiger partial charge < -0.3 is 9.47 Å². The number of aromatic nitrogens is 2. The van der Waals surface area contributed by atoms with Gasteiger partial charge in [0.2, 0.25) is 0 Å². The van der Waals surface area contributed by atoms with Crippen molar-refractivity contribution in [2.45, 2.75) is 39.9 Å². The fraction of sp³-hybridized carbons (Fsp3) is 0.353. The molecule has 7 nitrogen and oxygen atoms in total. The third-order valence-electron chi connectivity index (χ3n) is 3.06. The van der Waals surface area contributed by atoms with Crippen LogP contribution in [0.4, 0.5) is 9.59 Å². The summed E-state index contributed by atoms with van der Waals surface area (Å²) in [5, 5.41) is 0. The van der Waals surface area contributed by atoms with Crippen molar-refractivity contribution in [1.82, 2.24) is 9.36 Å². The zero-order valence-corrected chi connectivity index (χ0v) is 15.9. The second-order valence-corrected chi connectivity index (χ2v) is 6.78. The molecule has 134 valence electrons. The van der Waals surface area contributed by atoms with Gasteiger partial charge in [-0.15, -0.1) is 4.68 Å². The molecule has 0 aliphatic carbocycles. The molecule has 0 saturated heterocycles. The Hall–Kier alpha value is -2.35. The first-order chi connectivity index (χ1) is 11.7. The number of hydrogen-bond acceptors (Lipinski definition) is 5. The molecule has 8 heteroatoms. The van der Waals surface area contributed by atoms with Gasteiger partial charge in [0.05, 0.1) is 17.9 Å². The Morgan fingerprint density at radius 2 is 1.40 bits per heavy atom. The first-order valence-electron chi connectivity index (χ1n) is 7.73. The third kappa shape index (κ3) is 4.39. The van der Waals surface area contributed by atoms with Gasteiger partial charge in [0.1, 0.15) is 0 Å². The Morgan fingerprint density at radius 3 is 1.88 bits per heavy atom. The van der Waals surface area contributed by atoms with Crippen LogP contribution in [0.3, 0.4) is 0 Å². The number of hydrogen-bond donors (Lipinski definition) is 0. The maximum absolute atomic E-state index is 12.5. The summed E-state index contributed by atoms with van der Waals surface area (Å²) in [7, 11) is 0. The normalized spacial score (nSPS) is 11.0. The van der Waals surface area contributed by atoms with Crippen molar-refractivity contribution in [3.63, 3.8) is 0 Å². The molecule has 2 aromatic rings. The van der Waals surface area contributed by atoms with E-state index in [0.717, 1.165) is 9.15 Å². The van der Waals surface area contributed by atoms with Gasteiger partial charge in [0.25, 0.3) is 5.56 Å². The smallest absolute Gasteiger partial charge is 0.437 e. The van der Waals surface area contributed by atoms with Crippen LogP contribution >= 0.6 is 15.9 Å². The van der Waals surface area contributed by atoms with Crippen LogP contribution in [-0.4, -0.2) is 33.8 Å². The van der Waals surface area contributed by atoms with Gasteiger partial charge in [-0.1, -0.05) is 28.1 Å². The van der Waals surface area contributed by atoms with Crippen LogP contribution in [0.2, 0.25) is 0 Å². The molecule has 0 amide bonds. The lowest BCUT2D eigenvalue weighted by molar-refractivity contribution is 0.0948. The predicted molar refractivity (Wildman–Crippen MR) is 95.9 cm³/mol. The van der Waals surface area contributed by atoms with E-state index in [4.69, 9.17) is 9.47 Å². The highest BCUT2D eigenvalue weighted by Gasteiger charge is 2.26. The number of ether oxygens (including phenoxy) is 2. The van der Waals surface area contributed by atoms with Crippen LogP contribution < -0.4 is 5.56 Å². The molecule has 0 saturated carbocycles. The molecule has 25 heavy (non-hydrogen) atoms. The van der Waals surface area contributed by atoms with E-state index < -0.39 is 30.0 Å².